The van der Waals surface area contributed by atoms with Gasteiger partial charge in [-0.1, -0.05) is 0 Å². The molecule has 0 aromatic heterocycles. The first-order valence-corrected chi connectivity index (χ1v) is 39.9. The third kappa shape index (κ3) is 7.74. The number of unbranched alkanes of at least 4 members (excludes halogenated alkanes) is 1. The van der Waals surface area contributed by atoms with Gasteiger partial charge in [-0.15, -0.1) is 0 Å². The Morgan fingerprint density at radius 1 is 0.519 bits per heavy atom. The zero-order chi connectivity index (χ0) is 39.7. The van der Waals surface area contributed by atoms with E-state index in [9.17, 15) is 0 Å². The molecule has 0 heterocycles. The summed E-state index contributed by atoms with van der Waals surface area (Å²) in [7, 11) is 0. The van der Waals surface area contributed by atoms with Crippen molar-refractivity contribution in [2.24, 2.45) is 0 Å². The van der Waals surface area contributed by atoms with Gasteiger partial charge in [0.25, 0.3) is 0 Å². The van der Waals surface area contributed by atoms with Crippen molar-refractivity contribution in [2.75, 3.05) is 0 Å². The Kier molecular flexibility index (Phi) is 10.7. The summed E-state index contributed by atoms with van der Waals surface area (Å²) in [5.74, 6) is 0. The molecule has 6 rings (SSSR count). The molecule has 0 N–H and O–H groups in total. The second-order valence-corrected chi connectivity index (χ2v) is 66.4. The van der Waals surface area contributed by atoms with Gasteiger partial charge in [0.1, 0.15) is 0 Å². The van der Waals surface area contributed by atoms with Crippen LogP contribution in [-0.2, 0) is 38.8 Å². The van der Waals surface area contributed by atoms with Gasteiger partial charge in [0.15, 0.2) is 0 Å². The summed E-state index contributed by atoms with van der Waals surface area (Å²) in [6, 6.07) is 30.8. The molecule has 2 heteroatoms. The zero-order valence-corrected chi connectivity index (χ0v) is 41.3. The molecule has 286 valence electrons. The number of hydrogen-bond acceptors (Lipinski definition) is 0. The molecule has 2 atom stereocenters. The first kappa shape index (κ1) is 41.1. The Balaban J connectivity index is 1.52. The van der Waals surface area contributed by atoms with Crippen molar-refractivity contribution in [1.82, 2.24) is 0 Å². The first-order valence-electron chi connectivity index (χ1n) is 20.9. The van der Waals surface area contributed by atoms with Crippen molar-refractivity contribution in [3.63, 3.8) is 0 Å². The van der Waals surface area contributed by atoms with Gasteiger partial charge < -0.3 is 0 Å². The van der Waals surface area contributed by atoms with Crippen LogP contribution in [0.15, 0.2) is 84.9 Å². The summed E-state index contributed by atoms with van der Waals surface area (Å²) in [5.41, 5.74) is 17.7. The van der Waals surface area contributed by atoms with E-state index in [1.807, 2.05) is 0 Å². The molecule has 0 spiro atoms. The van der Waals surface area contributed by atoms with Crippen LogP contribution in [0.2, 0.25) is 15.4 Å². The van der Waals surface area contributed by atoms with Crippen LogP contribution in [-0.4, -0.2) is 6.22 Å². The van der Waals surface area contributed by atoms with Crippen molar-refractivity contribution in [1.29, 1.82) is 0 Å². The van der Waals surface area contributed by atoms with Crippen LogP contribution in [0.25, 0.3) is 34.4 Å². The molecule has 4 aromatic carbocycles. The van der Waals surface area contributed by atoms with E-state index in [0.29, 0.717) is 13.6 Å². The fraction of sp³-hybridized carbons (Fsp3) is 0.462. The van der Waals surface area contributed by atoms with Gasteiger partial charge in [-0.3, -0.25) is 0 Å². The topological polar surface area (TPSA) is 0 Å². The summed E-state index contributed by atoms with van der Waals surface area (Å²) in [6.45, 7) is 30.6. The fourth-order valence-corrected chi connectivity index (χ4v) is 48.9. The summed E-state index contributed by atoms with van der Waals surface area (Å²) in [6.07, 6.45) is 13.4. The van der Waals surface area contributed by atoms with Gasteiger partial charge in [0.2, 0.25) is 0 Å². The maximum atomic E-state index is 2.88. The van der Waals surface area contributed by atoms with Crippen LogP contribution < -0.4 is 0 Å². The van der Waals surface area contributed by atoms with Gasteiger partial charge in [-0.05, 0) is 0 Å². The third-order valence-electron chi connectivity index (χ3n) is 13.1. The zero-order valence-electron chi connectivity index (χ0n) is 36.6. The SMILES string of the molecule is CCCC[SiH]=[Hf]([CH3])([CH3])([CH]1C=Cc2c(-c3cc(C(C)(C)C)cc(C(C)(C)C)c3)cccc21)[CH]1C=Cc2c(-c3cc(C(C)(C)C)cc(C(C)(C)C)c3)cccc21. The van der Waals surface area contributed by atoms with E-state index in [1.165, 1.54) is 74.5 Å². The summed E-state index contributed by atoms with van der Waals surface area (Å²) >= 11 is -3.84. The van der Waals surface area contributed by atoms with Gasteiger partial charge in [0, 0.05) is 0 Å². The Morgan fingerprint density at radius 3 is 1.19 bits per heavy atom. The van der Waals surface area contributed by atoms with E-state index in [2.05, 4.69) is 196 Å². The van der Waals surface area contributed by atoms with Crippen molar-refractivity contribution in [3.8, 4) is 22.3 Å². The molecule has 0 nitrogen and oxygen atoms in total. The van der Waals surface area contributed by atoms with E-state index in [0.717, 1.165) is 0 Å². The fourth-order valence-electron chi connectivity index (χ4n) is 9.27. The Hall–Kier alpha value is -2.55. The molecule has 0 radical (unpaired) electrons. The second-order valence-electron chi connectivity index (χ2n) is 22.0. The average Bonchev–Trinajstić information content (AvgIpc) is 3.73. The monoisotopic (exact) mass is 902 g/mol. The van der Waals surface area contributed by atoms with E-state index in [4.69, 9.17) is 0 Å². The number of hydrogen-bond donors (Lipinski definition) is 0. The van der Waals surface area contributed by atoms with Crippen LogP contribution in [0.3, 0.4) is 0 Å². The normalized spacial score (nSPS) is 17.6. The second kappa shape index (κ2) is 14.1. The Labute approximate surface area is 332 Å². The number of allylic oxidation sites excluding steroid dienone is 2. The molecule has 4 aromatic rings. The third-order valence-corrected chi connectivity index (χ3v) is 55.7. The summed E-state index contributed by atoms with van der Waals surface area (Å²) < 4.78 is 6.84. The summed E-state index contributed by atoms with van der Waals surface area (Å²) in [5, 5.41) is 0. The Morgan fingerprint density at radius 2 is 0.870 bits per heavy atom. The predicted molar refractivity (Wildman–Crippen MR) is 241 cm³/mol. The Bertz CT molecular complexity index is 1990. The molecular formula is C52H70HfSi. The van der Waals surface area contributed by atoms with Crippen molar-refractivity contribution in [2.45, 2.75) is 147 Å². The first-order chi connectivity index (χ1) is 24.9. The summed E-state index contributed by atoms with van der Waals surface area (Å²) in [4.78, 5) is 0. The molecule has 0 aliphatic heterocycles. The van der Waals surface area contributed by atoms with Crippen molar-refractivity contribution >= 4 is 18.4 Å². The molecule has 0 saturated heterocycles. The van der Waals surface area contributed by atoms with E-state index in [1.54, 1.807) is 11.1 Å². The minimum atomic E-state index is -3.84. The van der Waals surface area contributed by atoms with Crippen LogP contribution in [0.5, 0.6) is 0 Å². The molecule has 0 saturated carbocycles. The van der Waals surface area contributed by atoms with Crippen LogP contribution >= 0.6 is 0 Å². The standard InChI is InChI=1S/2C23H27.C4H10Si.2CH3.Hf/c2*1-22(2,3)18-13-17(14-19(15-18)23(4,5)6)21-12-8-10-16-9-7-11-20(16)21;1-2-3-4-5;;;/h2*7-15H,1-6H3;5H,2-4H2,1H3;2*1H3;. The molecule has 2 aliphatic carbocycles. The van der Waals surface area contributed by atoms with Gasteiger partial charge >= 0.3 is 334 Å². The molecule has 54 heavy (non-hydrogen) atoms. The van der Waals surface area contributed by atoms with Gasteiger partial charge in [0.05, 0.1) is 0 Å². The average molecular weight is 902 g/mol. The number of rotatable bonds is 7. The number of benzene rings is 4. The van der Waals surface area contributed by atoms with Crippen LogP contribution in [0, 0.1) is 0 Å². The molecule has 0 fully saturated rings. The maximum absolute atomic E-state index is 3.84. The minimum absolute atomic E-state index is 0.0847. The van der Waals surface area contributed by atoms with Gasteiger partial charge in [-0.25, -0.2) is 0 Å². The molecular weight excluding hydrogens is 831 g/mol. The molecule has 0 bridgehead atoms. The molecule has 2 aliphatic rings. The number of fused-ring (bicyclic) bond motifs is 2. The molecule has 2 unspecified atom stereocenters. The van der Waals surface area contributed by atoms with E-state index >= 15 is 0 Å². The molecule has 0 amide bonds. The van der Waals surface area contributed by atoms with Crippen LogP contribution in [0.4, 0.5) is 0 Å². The van der Waals surface area contributed by atoms with Crippen molar-refractivity contribution < 1.29 is 17.1 Å². The van der Waals surface area contributed by atoms with Crippen molar-refractivity contribution in [3.05, 3.63) is 129 Å². The quantitative estimate of drug-likeness (QED) is 0.128. The predicted octanol–water partition coefficient (Wildman–Crippen LogP) is 15.4. The van der Waals surface area contributed by atoms with E-state index < -0.39 is 17.1 Å². The van der Waals surface area contributed by atoms with E-state index in [-0.39, 0.29) is 21.7 Å². The van der Waals surface area contributed by atoms with Crippen LogP contribution in [0.1, 0.15) is 155 Å². The van der Waals surface area contributed by atoms with Gasteiger partial charge in [-0.2, -0.15) is 0 Å².